The molecule has 0 amide bonds. The summed E-state index contributed by atoms with van der Waals surface area (Å²) in [6.07, 6.45) is -0.782. The van der Waals surface area contributed by atoms with Crippen molar-refractivity contribution in [3.8, 4) is 0 Å². The van der Waals surface area contributed by atoms with Crippen molar-refractivity contribution in [2.45, 2.75) is 31.8 Å². The Kier molecular flexibility index (Phi) is 4.68. The molecule has 4 nitrogen and oxygen atoms in total. The average molecular weight is 258 g/mol. The van der Waals surface area contributed by atoms with Gasteiger partial charge in [-0.2, -0.15) is 8.42 Å². The van der Waals surface area contributed by atoms with Crippen molar-refractivity contribution in [3.05, 3.63) is 29.8 Å². The molecule has 1 rings (SSSR count). The summed E-state index contributed by atoms with van der Waals surface area (Å²) in [5.41, 5.74) is 0.978. The zero-order valence-electron chi connectivity index (χ0n) is 10.3. The normalized spacial score (nSPS) is 13.9. The minimum atomic E-state index is -3.77. The van der Waals surface area contributed by atoms with Gasteiger partial charge in [-0.1, -0.05) is 31.5 Å². The van der Waals surface area contributed by atoms with Gasteiger partial charge in [-0.15, -0.1) is 0 Å². The van der Waals surface area contributed by atoms with Crippen LogP contribution in [0.5, 0.6) is 0 Å². The standard InChI is InChI=1S/C12H18O4S/c1-9(2)12(13)8-16-17(14,15)11-6-4-10(3)5-7-11/h4-7,9,12-13H,8H2,1-3H3. The summed E-state index contributed by atoms with van der Waals surface area (Å²) in [4.78, 5) is 0.110. The molecule has 0 bridgehead atoms. The summed E-state index contributed by atoms with van der Waals surface area (Å²) in [5.74, 6) is -0.0387. The fraction of sp³-hybridized carbons (Fsp3) is 0.500. The Balaban J connectivity index is 2.72. The molecule has 0 aliphatic heterocycles. The van der Waals surface area contributed by atoms with E-state index in [1.807, 2.05) is 6.92 Å². The molecule has 0 saturated heterocycles. The molecule has 0 radical (unpaired) electrons. The first kappa shape index (κ1) is 14.2. The van der Waals surface area contributed by atoms with Gasteiger partial charge in [0.25, 0.3) is 10.1 Å². The Morgan fingerprint density at radius 2 is 1.76 bits per heavy atom. The van der Waals surface area contributed by atoms with Gasteiger partial charge in [0.05, 0.1) is 17.6 Å². The van der Waals surface area contributed by atoms with Gasteiger partial charge in [-0.05, 0) is 25.0 Å². The van der Waals surface area contributed by atoms with Crippen molar-refractivity contribution < 1.29 is 17.7 Å². The van der Waals surface area contributed by atoms with Gasteiger partial charge in [0.2, 0.25) is 0 Å². The molecule has 5 heteroatoms. The van der Waals surface area contributed by atoms with Crippen LogP contribution in [0.2, 0.25) is 0 Å². The number of aryl methyl sites for hydroxylation is 1. The van der Waals surface area contributed by atoms with Crippen LogP contribution >= 0.6 is 0 Å². The summed E-state index contributed by atoms with van der Waals surface area (Å²) in [6, 6.07) is 6.39. The second-order valence-corrected chi connectivity index (χ2v) is 5.98. The zero-order valence-corrected chi connectivity index (χ0v) is 11.1. The number of rotatable bonds is 5. The molecule has 0 aliphatic rings. The first-order chi connectivity index (χ1) is 7.83. The van der Waals surface area contributed by atoms with Gasteiger partial charge in [0.1, 0.15) is 0 Å². The summed E-state index contributed by atoms with van der Waals surface area (Å²) >= 11 is 0. The number of aliphatic hydroxyl groups excluding tert-OH is 1. The molecule has 17 heavy (non-hydrogen) atoms. The first-order valence-corrected chi connectivity index (χ1v) is 6.88. The van der Waals surface area contributed by atoms with E-state index in [2.05, 4.69) is 0 Å². The Bertz CT molecular complexity index is 448. The molecule has 1 aromatic rings. The first-order valence-electron chi connectivity index (χ1n) is 5.47. The minimum absolute atomic E-state index is 0.0387. The van der Waals surface area contributed by atoms with Gasteiger partial charge in [0.15, 0.2) is 0 Å². The van der Waals surface area contributed by atoms with E-state index in [9.17, 15) is 13.5 Å². The monoisotopic (exact) mass is 258 g/mol. The van der Waals surface area contributed by atoms with E-state index in [0.717, 1.165) is 5.56 Å². The van der Waals surface area contributed by atoms with Crippen molar-refractivity contribution in [1.82, 2.24) is 0 Å². The summed E-state index contributed by atoms with van der Waals surface area (Å²) in [5, 5.41) is 9.49. The van der Waals surface area contributed by atoms with E-state index in [1.54, 1.807) is 26.0 Å². The van der Waals surface area contributed by atoms with Gasteiger partial charge in [-0.3, -0.25) is 4.18 Å². The predicted molar refractivity (Wildman–Crippen MR) is 65.2 cm³/mol. The largest absolute Gasteiger partial charge is 0.390 e. The van der Waals surface area contributed by atoms with Gasteiger partial charge in [0, 0.05) is 0 Å². The highest BCUT2D eigenvalue weighted by Crippen LogP contribution is 2.14. The topological polar surface area (TPSA) is 63.6 Å². The van der Waals surface area contributed by atoms with Gasteiger partial charge >= 0.3 is 0 Å². The fourth-order valence-corrected chi connectivity index (χ4v) is 2.05. The van der Waals surface area contributed by atoms with Crippen LogP contribution in [0.4, 0.5) is 0 Å². The van der Waals surface area contributed by atoms with E-state index in [1.165, 1.54) is 12.1 Å². The fourth-order valence-electron chi connectivity index (χ4n) is 1.12. The van der Waals surface area contributed by atoms with Crippen LogP contribution in [0.3, 0.4) is 0 Å². The van der Waals surface area contributed by atoms with Crippen LogP contribution in [0.25, 0.3) is 0 Å². The third-order valence-corrected chi connectivity index (χ3v) is 3.77. The van der Waals surface area contributed by atoms with Crippen molar-refractivity contribution in [1.29, 1.82) is 0 Å². The van der Waals surface area contributed by atoms with Gasteiger partial charge < -0.3 is 5.11 Å². The van der Waals surface area contributed by atoms with E-state index >= 15 is 0 Å². The highest BCUT2D eigenvalue weighted by atomic mass is 32.2. The third kappa shape index (κ3) is 4.11. The quantitative estimate of drug-likeness (QED) is 0.817. The maximum absolute atomic E-state index is 11.7. The molecule has 1 aromatic carbocycles. The highest BCUT2D eigenvalue weighted by molar-refractivity contribution is 7.86. The number of benzene rings is 1. The molecular formula is C12H18O4S. The van der Waals surface area contributed by atoms with E-state index in [4.69, 9.17) is 4.18 Å². The zero-order chi connectivity index (χ0) is 13.1. The van der Waals surface area contributed by atoms with E-state index < -0.39 is 16.2 Å². The molecule has 1 atom stereocenters. The minimum Gasteiger partial charge on any atom is -0.390 e. The Hall–Kier alpha value is -0.910. The second kappa shape index (κ2) is 5.62. The van der Waals surface area contributed by atoms with Crippen LogP contribution in [-0.4, -0.2) is 26.2 Å². The molecule has 0 aliphatic carbocycles. The Morgan fingerprint density at radius 1 is 1.24 bits per heavy atom. The summed E-state index contributed by atoms with van der Waals surface area (Å²) in [6.45, 7) is 5.26. The third-order valence-electron chi connectivity index (χ3n) is 2.47. The lowest BCUT2D eigenvalue weighted by Gasteiger charge is -2.14. The van der Waals surface area contributed by atoms with Crippen LogP contribution in [0.1, 0.15) is 19.4 Å². The number of hydrogen-bond acceptors (Lipinski definition) is 4. The van der Waals surface area contributed by atoms with E-state index in [-0.39, 0.29) is 17.4 Å². The maximum atomic E-state index is 11.7. The highest BCUT2D eigenvalue weighted by Gasteiger charge is 2.18. The lowest BCUT2D eigenvalue weighted by atomic mass is 10.1. The number of aliphatic hydroxyl groups is 1. The van der Waals surface area contributed by atoms with Crippen molar-refractivity contribution in [2.75, 3.05) is 6.61 Å². The lowest BCUT2D eigenvalue weighted by Crippen LogP contribution is -2.23. The van der Waals surface area contributed by atoms with Crippen molar-refractivity contribution in [2.24, 2.45) is 5.92 Å². The lowest BCUT2D eigenvalue weighted by molar-refractivity contribution is 0.0727. The van der Waals surface area contributed by atoms with Crippen molar-refractivity contribution in [3.63, 3.8) is 0 Å². The van der Waals surface area contributed by atoms with Crippen LogP contribution in [0.15, 0.2) is 29.2 Å². The molecule has 96 valence electrons. The summed E-state index contributed by atoms with van der Waals surface area (Å²) in [7, 11) is -3.77. The molecular weight excluding hydrogens is 240 g/mol. The maximum Gasteiger partial charge on any atom is 0.297 e. The average Bonchev–Trinajstić information content (AvgIpc) is 2.26. The second-order valence-electron chi connectivity index (χ2n) is 4.36. The smallest absolute Gasteiger partial charge is 0.297 e. The van der Waals surface area contributed by atoms with Crippen LogP contribution in [-0.2, 0) is 14.3 Å². The summed E-state index contributed by atoms with van der Waals surface area (Å²) < 4.78 is 28.3. The molecule has 0 aromatic heterocycles. The molecule has 1 N–H and O–H groups in total. The van der Waals surface area contributed by atoms with Crippen LogP contribution in [0, 0.1) is 12.8 Å². The van der Waals surface area contributed by atoms with Crippen LogP contribution < -0.4 is 0 Å². The predicted octanol–water partition coefficient (Wildman–Crippen LogP) is 1.72. The molecule has 0 saturated carbocycles. The Morgan fingerprint density at radius 3 is 2.24 bits per heavy atom. The molecule has 0 fully saturated rings. The SMILES string of the molecule is Cc1ccc(S(=O)(=O)OCC(O)C(C)C)cc1. The van der Waals surface area contributed by atoms with Gasteiger partial charge in [-0.25, -0.2) is 0 Å². The molecule has 0 spiro atoms. The molecule has 0 heterocycles. The van der Waals surface area contributed by atoms with E-state index in [0.29, 0.717) is 0 Å². The molecule has 1 unspecified atom stereocenters. The van der Waals surface area contributed by atoms with Crippen molar-refractivity contribution >= 4 is 10.1 Å². The Labute approximate surface area is 102 Å². The number of hydrogen-bond donors (Lipinski definition) is 1.